The first-order valence-corrected chi connectivity index (χ1v) is 3.76. The standard InChI is InChI=1S/C7H11N3O3/c1-10(3-4-11)7(12)9-6-8-2-5-13-6/h2,5,11H,3-4H2,1H3,(H,8,9,12). The maximum atomic E-state index is 11.2. The number of aromatic nitrogens is 1. The van der Waals surface area contributed by atoms with E-state index in [4.69, 9.17) is 9.52 Å². The molecule has 0 aliphatic rings. The van der Waals surface area contributed by atoms with Gasteiger partial charge in [-0.3, -0.25) is 5.32 Å². The summed E-state index contributed by atoms with van der Waals surface area (Å²) < 4.78 is 4.80. The Kier molecular flexibility index (Phi) is 3.27. The summed E-state index contributed by atoms with van der Waals surface area (Å²) in [4.78, 5) is 16.2. The van der Waals surface area contributed by atoms with Crippen molar-refractivity contribution in [2.24, 2.45) is 0 Å². The summed E-state index contributed by atoms with van der Waals surface area (Å²) in [6.07, 6.45) is 2.79. The van der Waals surface area contributed by atoms with Crippen LogP contribution in [0.3, 0.4) is 0 Å². The Balaban J connectivity index is 2.41. The third-order valence-electron chi connectivity index (χ3n) is 1.43. The number of oxazole rings is 1. The number of amides is 2. The highest BCUT2D eigenvalue weighted by Crippen LogP contribution is 2.01. The van der Waals surface area contributed by atoms with Crippen LogP contribution in [0.1, 0.15) is 0 Å². The van der Waals surface area contributed by atoms with Crippen LogP contribution in [0.5, 0.6) is 0 Å². The fraction of sp³-hybridized carbons (Fsp3) is 0.429. The second kappa shape index (κ2) is 4.46. The van der Waals surface area contributed by atoms with Gasteiger partial charge in [0.15, 0.2) is 0 Å². The molecule has 1 aromatic heterocycles. The fourth-order valence-corrected chi connectivity index (χ4v) is 0.724. The van der Waals surface area contributed by atoms with Crippen molar-refractivity contribution in [3.8, 4) is 0 Å². The highest BCUT2D eigenvalue weighted by Gasteiger charge is 2.09. The molecule has 6 heteroatoms. The number of rotatable bonds is 3. The van der Waals surface area contributed by atoms with E-state index in [9.17, 15) is 4.79 Å². The zero-order valence-corrected chi connectivity index (χ0v) is 7.23. The van der Waals surface area contributed by atoms with Crippen molar-refractivity contribution in [1.82, 2.24) is 9.88 Å². The van der Waals surface area contributed by atoms with Crippen molar-refractivity contribution in [3.63, 3.8) is 0 Å². The lowest BCUT2D eigenvalue weighted by Crippen LogP contribution is -2.33. The van der Waals surface area contributed by atoms with Crippen molar-refractivity contribution in [1.29, 1.82) is 0 Å². The van der Waals surface area contributed by atoms with Crippen LogP contribution < -0.4 is 5.32 Å². The van der Waals surface area contributed by atoms with E-state index in [1.807, 2.05) is 0 Å². The van der Waals surface area contributed by atoms with Gasteiger partial charge in [-0.25, -0.2) is 9.78 Å². The third-order valence-corrected chi connectivity index (χ3v) is 1.43. The van der Waals surface area contributed by atoms with Gasteiger partial charge in [0, 0.05) is 13.6 Å². The topological polar surface area (TPSA) is 78.6 Å². The molecular formula is C7H11N3O3. The van der Waals surface area contributed by atoms with Crippen molar-refractivity contribution in [2.75, 3.05) is 25.5 Å². The first kappa shape index (κ1) is 9.53. The van der Waals surface area contributed by atoms with E-state index in [1.165, 1.54) is 17.4 Å². The maximum absolute atomic E-state index is 11.2. The number of hydrogen-bond acceptors (Lipinski definition) is 4. The predicted molar refractivity (Wildman–Crippen MR) is 45.2 cm³/mol. The van der Waals surface area contributed by atoms with Crippen LogP contribution in [0.15, 0.2) is 16.9 Å². The van der Waals surface area contributed by atoms with Gasteiger partial charge in [-0.05, 0) is 0 Å². The normalized spacial score (nSPS) is 9.69. The smallest absolute Gasteiger partial charge is 0.325 e. The molecule has 0 unspecified atom stereocenters. The average molecular weight is 185 g/mol. The lowest BCUT2D eigenvalue weighted by atomic mass is 10.6. The van der Waals surface area contributed by atoms with Gasteiger partial charge in [0.2, 0.25) is 0 Å². The highest BCUT2D eigenvalue weighted by atomic mass is 16.4. The van der Waals surface area contributed by atoms with Crippen LogP contribution in [0.2, 0.25) is 0 Å². The molecule has 0 radical (unpaired) electrons. The number of hydrogen-bond donors (Lipinski definition) is 2. The predicted octanol–water partition coefficient (Wildman–Crippen LogP) is 0.131. The number of urea groups is 1. The van der Waals surface area contributed by atoms with Gasteiger partial charge in [-0.2, -0.15) is 0 Å². The Morgan fingerprint density at radius 2 is 2.62 bits per heavy atom. The minimum absolute atomic E-state index is 0.0739. The molecule has 0 spiro atoms. The molecule has 6 nitrogen and oxygen atoms in total. The van der Waals surface area contributed by atoms with Crippen LogP contribution in [0.4, 0.5) is 10.8 Å². The van der Waals surface area contributed by atoms with Gasteiger partial charge < -0.3 is 14.4 Å². The summed E-state index contributed by atoms with van der Waals surface area (Å²) >= 11 is 0. The minimum Gasteiger partial charge on any atom is -0.432 e. The van der Waals surface area contributed by atoms with Crippen LogP contribution in [0.25, 0.3) is 0 Å². The molecule has 0 aliphatic heterocycles. The monoisotopic (exact) mass is 185 g/mol. The summed E-state index contributed by atoms with van der Waals surface area (Å²) in [6, 6.07) is -0.216. The van der Waals surface area contributed by atoms with Crippen molar-refractivity contribution < 1.29 is 14.3 Å². The van der Waals surface area contributed by atoms with Crippen molar-refractivity contribution in [2.45, 2.75) is 0 Å². The Bertz CT molecular complexity index is 260. The molecule has 0 aliphatic carbocycles. The van der Waals surface area contributed by atoms with Crippen LogP contribution in [-0.4, -0.2) is 41.2 Å². The molecule has 1 heterocycles. The lowest BCUT2D eigenvalue weighted by Gasteiger charge is -2.14. The van der Waals surface area contributed by atoms with E-state index in [0.29, 0.717) is 0 Å². The van der Waals surface area contributed by atoms with Crippen LogP contribution >= 0.6 is 0 Å². The number of nitrogens with zero attached hydrogens (tertiary/aromatic N) is 2. The molecule has 1 aromatic rings. The zero-order valence-electron chi connectivity index (χ0n) is 7.23. The SMILES string of the molecule is CN(CCO)C(=O)Nc1ncco1. The molecule has 0 bridgehead atoms. The average Bonchev–Trinajstić information content (AvgIpc) is 2.57. The van der Waals surface area contributed by atoms with Crippen LogP contribution in [0, 0.1) is 0 Å². The summed E-state index contributed by atoms with van der Waals surface area (Å²) in [5.74, 6) is 0. The second-order valence-corrected chi connectivity index (χ2v) is 2.41. The van der Waals surface area contributed by atoms with Crippen LogP contribution in [-0.2, 0) is 0 Å². The van der Waals surface area contributed by atoms with Gasteiger partial charge >= 0.3 is 12.0 Å². The number of carbonyl (C=O) groups is 1. The van der Waals surface area contributed by atoms with Gasteiger partial charge in [0.25, 0.3) is 0 Å². The van der Waals surface area contributed by atoms with Gasteiger partial charge in [0.05, 0.1) is 12.8 Å². The third kappa shape index (κ3) is 2.75. The van der Waals surface area contributed by atoms with Gasteiger partial charge in [-0.1, -0.05) is 0 Å². The van der Waals surface area contributed by atoms with E-state index >= 15 is 0 Å². The number of aliphatic hydroxyl groups is 1. The lowest BCUT2D eigenvalue weighted by molar-refractivity contribution is 0.201. The molecule has 2 N–H and O–H groups in total. The molecule has 72 valence electrons. The van der Waals surface area contributed by atoms with Gasteiger partial charge in [-0.15, -0.1) is 0 Å². The van der Waals surface area contributed by atoms with E-state index in [2.05, 4.69) is 10.3 Å². The summed E-state index contributed by atoms with van der Waals surface area (Å²) in [5, 5.41) is 11.0. The summed E-state index contributed by atoms with van der Waals surface area (Å²) in [5.41, 5.74) is 0. The molecule has 0 aromatic carbocycles. The van der Waals surface area contributed by atoms with Crippen molar-refractivity contribution >= 4 is 12.0 Å². The van der Waals surface area contributed by atoms with E-state index < -0.39 is 0 Å². The largest absolute Gasteiger partial charge is 0.432 e. The second-order valence-electron chi connectivity index (χ2n) is 2.41. The highest BCUT2D eigenvalue weighted by molar-refractivity contribution is 5.86. The minimum atomic E-state index is -0.364. The Morgan fingerprint density at radius 3 is 3.15 bits per heavy atom. The molecule has 0 saturated carbocycles. The molecule has 0 atom stereocenters. The first-order chi connectivity index (χ1) is 6.24. The summed E-state index contributed by atoms with van der Waals surface area (Å²) in [6.45, 7) is 0.196. The Labute approximate surface area is 75.2 Å². The molecule has 2 amide bonds. The van der Waals surface area contributed by atoms with Gasteiger partial charge in [0.1, 0.15) is 6.26 Å². The van der Waals surface area contributed by atoms with E-state index in [-0.39, 0.29) is 25.2 Å². The molecule has 0 saturated heterocycles. The van der Waals surface area contributed by atoms with E-state index in [0.717, 1.165) is 0 Å². The van der Waals surface area contributed by atoms with Crippen molar-refractivity contribution in [3.05, 3.63) is 12.5 Å². The molecule has 1 rings (SSSR count). The number of nitrogens with one attached hydrogen (secondary N) is 1. The first-order valence-electron chi connectivity index (χ1n) is 3.76. The Hall–Kier alpha value is -1.56. The number of likely N-dealkylation sites (N-methyl/N-ethyl adjacent to an activating group) is 1. The quantitative estimate of drug-likeness (QED) is 0.701. The zero-order chi connectivity index (χ0) is 9.68. The number of aliphatic hydroxyl groups excluding tert-OH is 1. The Morgan fingerprint density at radius 1 is 1.85 bits per heavy atom. The molecule has 0 fully saturated rings. The molecule has 13 heavy (non-hydrogen) atoms. The molecular weight excluding hydrogens is 174 g/mol. The number of carbonyl (C=O) groups excluding carboxylic acids is 1. The summed E-state index contributed by atoms with van der Waals surface area (Å²) in [7, 11) is 1.56. The fourth-order valence-electron chi connectivity index (χ4n) is 0.724. The maximum Gasteiger partial charge on any atom is 0.325 e. The van der Waals surface area contributed by atoms with E-state index in [1.54, 1.807) is 7.05 Å². The number of anilines is 1.